The number of hydrogen-bond donors (Lipinski definition) is 1. The number of rotatable bonds is 5. The SMILES string of the molecule is CN(C)S(=O)(=O)C[C@@H]1COC[C@H]1NC(=O)c1ccco1. The minimum Gasteiger partial charge on any atom is -0.459 e. The molecular weight excluding hydrogens is 284 g/mol. The summed E-state index contributed by atoms with van der Waals surface area (Å²) in [7, 11) is -0.350. The Kier molecular flexibility index (Phi) is 4.46. The van der Waals surface area contributed by atoms with Crippen molar-refractivity contribution in [3.05, 3.63) is 24.2 Å². The molecule has 0 bridgehead atoms. The van der Waals surface area contributed by atoms with Crippen LogP contribution in [0.25, 0.3) is 0 Å². The highest BCUT2D eigenvalue weighted by atomic mass is 32.2. The van der Waals surface area contributed by atoms with Gasteiger partial charge in [-0.05, 0) is 12.1 Å². The molecule has 0 radical (unpaired) electrons. The number of carbonyl (C=O) groups excluding carboxylic acids is 1. The summed E-state index contributed by atoms with van der Waals surface area (Å²) in [6, 6.07) is 2.84. The van der Waals surface area contributed by atoms with Crippen LogP contribution in [0.1, 0.15) is 10.6 Å². The average Bonchev–Trinajstić information content (AvgIpc) is 3.00. The lowest BCUT2D eigenvalue weighted by Crippen LogP contribution is -2.43. The monoisotopic (exact) mass is 302 g/mol. The molecule has 112 valence electrons. The molecule has 1 saturated heterocycles. The Hall–Kier alpha value is -1.38. The van der Waals surface area contributed by atoms with Gasteiger partial charge in [0.25, 0.3) is 5.91 Å². The van der Waals surface area contributed by atoms with E-state index in [4.69, 9.17) is 9.15 Å². The minimum absolute atomic E-state index is 0.0525. The van der Waals surface area contributed by atoms with Crippen molar-refractivity contribution >= 4 is 15.9 Å². The van der Waals surface area contributed by atoms with Gasteiger partial charge in [-0.25, -0.2) is 12.7 Å². The van der Waals surface area contributed by atoms with Crippen LogP contribution in [-0.4, -0.2) is 57.7 Å². The van der Waals surface area contributed by atoms with Crippen molar-refractivity contribution in [3.8, 4) is 0 Å². The highest BCUT2D eigenvalue weighted by Crippen LogP contribution is 2.17. The number of hydrogen-bond acceptors (Lipinski definition) is 5. The van der Waals surface area contributed by atoms with Gasteiger partial charge in [0.05, 0.1) is 31.3 Å². The summed E-state index contributed by atoms with van der Waals surface area (Å²) in [4.78, 5) is 11.9. The van der Waals surface area contributed by atoms with Crippen LogP contribution in [0, 0.1) is 5.92 Å². The highest BCUT2D eigenvalue weighted by Gasteiger charge is 2.34. The van der Waals surface area contributed by atoms with Crippen LogP contribution in [0.3, 0.4) is 0 Å². The molecule has 1 N–H and O–H groups in total. The quantitative estimate of drug-likeness (QED) is 0.821. The van der Waals surface area contributed by atoms with Crippen LogP contribution in [-0.2, 0) is 14.8 Å². The number of furan rings is 1. The fraction of sp³-hybridized carbons (Fsp3) is 0.583. The molecule has 0 aromatic carbocycles. The minimum atomic E-state index is -3.33. The maximum atomic E-state index is 11.9. The summed E-state index contributed by atoms with van der Waals surface area (Å²) in [5.74, 6) is -0.478. The van der Waals surface area contributed by atoms with Crippen LogP contribution in [0.4, 0.5) is 0 Å². The van der Waals surface area contributed by atoms with Crippen LogP contribution >= 0.6 is 0 Å². The van der Waals surface area contributed by atoms with Gasteiger partial charge in [-0.3, -0.25) is 4.79 Å². The molecule has 1 amide bonds. The van der Waals surface area contributed by atoms with Crippen molar-refractivity contribution in [2.45, 2.75) is 6.04 Å². The van der Waals surface area contributed by atoms with Crippen molar-refractivity contribution in [1.82, 2.24) is 9.62 Å². The molecule has 0 spiro atoms. The van der Waals surface area contributed by atoms with Crippen LogP contribution in [0.15, 0.2) is 22.8 Å². The lowest BCUT2D eigenvalue weighted by atomic mass is 10.1. The Morgan fingerprint density at radius 3 is 2.80 bits per heavy atom. The first kappa shape index (κ1) is 15.0. The summed E-state index contributed by atoms with van der Waals surface area (Å²) in [5.41, 5.74) is 0. The molecule has 0 aliphatic carbocycles. The Morgan fingerprint density at radius 1 is 1.45 bits per heavy atom. The van der Waals surface area contributed by atoms with E-state index in [1.165, 1.54) is 24.7 Å². The number of nitrogens with one attached hydrogen (secondary N) is 1. The molecule has 2 atom stereocenters. The Bertz CT molecular complexity index is 552. The molecule has 20 heavy (non-hydrogen) atoms. The van der Waals surface area contributed by atoms with E-state index in [9.17, 15) is 13.2 Å². The third kappa shape index (κ3) is 3.38. The standard InChI is InChI=1S/C12H18N2O5S/c1-14(2)20(16,17)8-9-6-18-7-10(9)13-12(15)11-4-3-5-19-11/h3-5,9-10H,6-8H2,1-2H3,(H,13,15)/t9-,10+/m0/s1. The molecule has 8 heteroatoms. The van der Waals surface area contributed by atoms with Crippen molar-refractivity contribution in [1.29, 1.82) is 0 Å². The van der Waals surface area contributed by atoms with Gasteiger partial charge in [-0.15, -0.1) is 0 Å². The van der Waals surface area contributed by atoms with E-state index < -0.39 is 10.0 Å². The predicted molar refractivity (Wildman–Crippen MR) is 71.7 cm³/mol. The summed E-state index contributed by atoms with van der Waals surface area (Å²) >= 11 is 0. The lowest BCUT2D eigenvalue weighted by Gasteiger charge is -2.20. The van der Waals surface area contributed by atoms with E-state index in [1.807, 2.05) is 0 Å². The first-order chi connectivity index (χ1) is 9.40. The molecule has 1 aliphatic rings. The molecule has 7 nitrogen and oxygen atoms in total. The van der Waals surface area contributed by atoms with Gasteiger partial charge in [-0.1, -0.05) is 0 Å². The fourth-order valence-electron chi connectivity index (χ4n) is 1.99. The van der Waals surface area contributed by atoms with Gasteiger partial charge < -0.3 is 14.5 Å². The number of nitrogens with zero attached hydrogens (tertiary/aromatic N) is 1. The highest BCUT2D eigenvalue weighted by molar-refractivity contribution is 7.89. The molecule has 1 aromatic heterocycles. The third-order valence-electron chi connectivity index (χ3n) is 3.24. The van der Waals surface area contributed by atoms with E-state index in [-0.39, 0.29) is 29.4 Å². The number of amides is 1. The van der Waals surface area contributed by atoms with Gasteiger partial charge in [0.15, 0.2) is 5.76 Å². The molecule has 2 heterocycles. The van der Waals surface area contributed by atoms with E-state index in [0.29, 0.717) is 13.2 Å². The van der Waals surface area contributed by atoms with Crippen molar-refractivity contribution < 1.29 is 22.4 Å². The zero-order chi connectivity index (χ0) is 14.8. The van der Waals surface area contributed by atoms with Crippen LogP contribution in [0.2, 0.25) is 0 Å². The third-order valence-corrected chi connectivity index (χ3v) is 5.20. The number of sulfonamides is 1. The van der Waals surface area contributed by atoms with Crippen molar-refractivity contribution in [2.24, 2.45) is 5.92 Å². The normalized spacial score (nSPS) is 23.1. The second-order valence-electron chi connectivity index (χ2n) is 4.92. The van der Waals surface area contributed by atoms with E-state index in [0.717, 1.165) is 0 Å². The smallest absolute Gasteiger partial charge is 0.287 e. The van der Waals surface area contributed by atoms with Crippen LogP contribution < -0.4 is 5.32 Å². The summed E-state index contributed by atoms with van der Waals surface area (Å²) < 4.78 is 35.2. The van der Waals surface area contributed by atoms with Crippen molar-refractivity contribution in [2.75, 3.05) is 33.1 Å². The largest absolute Gasteiger partial charge is 0.459 e. The molecule has 1 fully saturated rings. The number of ether oxygens (including phenoxy) is 1. The second-order valence-corrected chi connectivity index (χ2v) is 7.14. The first-order valence-electron chi connectivity index (χ1n) is 6.22. The summed E-state index contributed by atoms with van der Waals surface area (Å²) in [6.45, 7) is 0.621. The van der Waals surface area contributed by atoms with Gasteiger partial charge in [-0.2, -0.15) is 0 Å². The zero-order valence-electron chi connectivity index (χ0n) is 11.4. The van der Waals surface area contributed by atoms with Gasteiger partial charge in [0.2, 0.25) is 10.0 Å². The maximum absolute atomic E-state index is 11.9. The predicted octanol–water partition coefficient (Wildman–Crippen LogP) is -0.0842. The van der Waals surface area contributed by atoms with Gasteiger partial charge in [0.1, 0.15) is 0 Å². The molecular formula is C12H18N2O5S. The van der Waals surface area contributed by atoms with E-state index in [2.05, 4.69) is 5.32 Å². The Morgan fingerprint density at radius 2 is 2.20 bits per heavy atom. The molecule has 2 rings (SSSR count). The Balaban J connectivity index is 1.99. The maximum Gasteiger partial charge on any atom is 0.287 e. The summed E-state index contributed by atoms with van der Waals surface area (Å²) in [5, 5.41) is 2.75. The van der Waals surface area contributed by atoms with Gasteiger partial charge in [0, 0.05) is 20.0 Å². The number of carbonyl (C=O) groups is 1. The topological polar surface area (TPSA) is 88.9 Å². The second kappa shape index (κ2) is 5.94. The lowest BCUT2D eigenvalue weighted by molar-refractivity contribution is 0.0898. The molecule has 1 aromatic rings. The van der Waals surface area contributed by atoms with Gasteiger partial charge >= 0.3 is 0 Å². The van der Waals surface area contributed by atoms with Crippen LogP contribution in [0.5, 0.6) is 0 Å². The zero-order valence-corrected chi connectivity index (χ0v) is 12.2. The first-order valence-corrected chi connectivity index (χ1v) is 7.83. The average molecular weight is 302 g/mol. The molecule has 1 aliphatic heterocycles. The Labute approximate surface area is 117 Å². The van der Waals surface area contributed by atoms with E-state index >= 15 is 0 Å². The molecule has 0 saturated carbocycles. The fourth-order valence-corrected chi connectivity index (χ4v) is 3.16. The summed E-state index contributed by atoms with van der Waals surface area (Å²) in [6.07, 6.45) is 1.41. The molecule has 0 unspecified atom stereocenters. The van der Waals surface area contributed by atoms with Crippen molar-refractivity contribution in [3.63, 3.8) is 0 Å². The van der Waals surface area contributed by atoms with E-state index in [1.54, 1.807) is 12.1 Å².